The second-order valence-electron chi connectivity index (χ2n) is 4.63. The van der Waals surface area contributed by atoms with Crippen LogP contribution >= 0.6 is 0 Å². The minimum atomic E-state index is -4.64. The summed E-state index contributed by atoms with van der Waals surface area (Å²) in [5.74, 6) is -0.215. The van der Waals surface area contributed by atoms with Crippen LogP contribution in [0.25, 0.3) is 17.4 Å². The van der Waals surface area contributed by atoms with Gasteiger partial charge >= 0.3 is 12.1 Å². The van der Waals surface area contributed by atoms with Crippen LogP contribution < -0.4 is 0 Å². The molecule has 7 heteroatoms. The minimum absolute atomic E-state index is 0.0307. The molecule has 1 aromatic heterocycles. The predicted molar refractivity (Wildman–Crippen MR) is 79.5 cm³/mol. The topological polar surface area (TPSA) is 63.2 Å². The molecule has 0 bridgehead atoms. The van der Waals surface area contributed by atoms with Crippen LogP contribution in [0, 0.1) is 11.3 Å². The Bertz CT molecular complexity index is 813. The molecule has 0 fully saturated rings. The van der Waals surface area contributed by atoms with E-state index in [1.165, 1.54) is 30.3 Å². The van der Waals surface area contributed by atoms with Gasteiger partial charge in [-0.25, -0.2) is 4.79 Å². The Morgan fingerprint density at radius 2 is 2.08 bits per heavy atom. The highest BCUT2D eigenvalue weighted by atomic mass is 19.4. The van der Waals surface area contributed by atoms with Gasteiger partial charge in [-0.2, -0.15) is 18.4 Å². The van der Waals surface area contributed by atoms with Crippen molar-refractivity contribution in [2.45, 2.75) is 13.1 Å². The maximum absolute atomic E-state index is 13.0. The Morgan fingerprint density at radius 3 is 2.71 bits per heavy atom. The fourth-order valence-corrected chi connectivity index (χ4v) is 2.04. The Kier molecular flexibility index (Phi) is 5.09. The molecule has 4 nitrogen and oxygen atoms in total. The zero-order chi connectivity index (χ0) is 17.7. The van der Waals surface area contributed by atoms with Crippen LogP contribution in [0.15, 0.2) is 40.8 Å². The van der Waals surface area contributed by atoms with Crippen molar-refractivity contribution < 1.29 is 27.1 Å². The average Bonchev–Trinajstić information content (AvgIpc) is 3.00. The van der Waals surface area contributed by atoms with Gasteiger partial charge in [0.05, 0.1) is 17.7 Å². The third kappa shape index (κ3) is 3.84. The Hall–Kier alpha value is -3.01. The molecule has 0 aliphatic heterocycles. The number of carbonyl (C=O) groups excluding carboxylic acids is 1. The molecular weight excluding hydrogens is 323 g/mol. The fraction of sp³-hybridized carbons (Fsp3) is 0.176. The van der Waals surface area contributed by atoms with Crippen molar-refractivity contribution >= 4 is 12.0 Å². The van der Waals surface area contributed by atoms with Crippen molar-refractivity contribution in [1.82, 2.24) is 0 Å². The van der Waals surface area contributed by atoms with Crippen molar-refractivity contribution in [2.24, 2.45) is 0 Å². The predicted octanol–water partition coefficient (Wildman–Crippen LogP) is 4.41. The van der Waals surface area contributed by atoms with Gasteiger partial charge in [-0.1, -0.05) is 6.07 Å². The molecule has 24 heavy (non-hydrogen) atoms. The van der Waals surface area contributed by atoms with Gasteiger partial charge in [0.15, 0.2) is 0 Å². The number of hydrogen-bond donors (Lipinski definition) is 0. The van der Waals surface area contributed by atoms with Crippen molar-refractivity contribution in [2.75, 3.05) is 6.61 Å². The molecule has 0 amide bonds. The molecule has 0 radical (unpaired) electrons. The first-order chi connectivity index (χ1) is 11.4. The fourth-order valence-electron chi connectivity index (χ4n) is 2.04. The summed E-state index contributed by atoms with van der Waals surface area (Å²) >= 11 is 0. The molecular formula is C17H12F3NO3. The number of nitrogens with zero attached hydrogens (tertiary/aromatic N) is 1. The summed E-state index contributed by atoms with van der Waals surface area (Å²) in [7, 11) is 0. The van der Waals surface area contributed by atoms with E-state index < -0.39 is 23.3 Å². The number of hydrogen-bond acceptors (Lipinski definition) is 4. The average molecular weight is 335 g/mol. The highest BCUT2D eigenvalue weighted by molar-refractivity contribution is 5.86. The number of benzene rings is 1. The normalized spacial score (nSPS) is 11.5. The summed E-state index contributed by atoms with van der Waals surface area (Å²) in [4.78, 5) is 11.2. The lowest BCUT2D eigenvalue weighted by molar-refractivity contribution is -0.138. The highest BCUT2D eigenvalue weighted by Crippen LogP contribution is 2.36. The molecule has 1 aromatic carbocycles. The van der Waals surface area contributed by atoms with Crippen LogP contribution in [0.3, 0.4) is 0 Å². The summed E-state index contributed by atoms with van der Waals surface area (Å²) in [5, 5.41) is 9.10. The molecule has 1 heterocycles. The summed E-state index contributed by atoms with van der Waals surface area (Å²) in [5.41, 5.74) is -1.51. The van der Waals surface area contributed by atoms with Gasteiger partial charge in [0, 0.05) is 11.6 Å². The summed E-state index contributed by atoms with van der Waals surface area (Å²) < 4.78 is 49.0. The molecule has 0 atom stereocenters. The molecule has 0 aliphatic carbocycles. The molecule has 2 aromatic rings. The van der Waals surface area contributed by atoms with E-state index in [2.05, 4.69) is 0 Å². The van der Waals surface area contributed by atoms with Crippen molar-refractivity contribution in [3.8, 4) is 17.4 Å². The number of carbonyl (C=O) groups is 1. The third-order valence-corrected chi connectivity index (χ3v) is 3.04. The number of esters is 1. The lowest BCUT2D eigenvalue weighted by atomic mass is 10.00. The van der Waals surface area contributed by atoms with Gasteiger partial charge in [-0.3, -0.25) is 0 Å². The number of halogens is 3. The Balaban J connectivity index is 2.38. The zero-order valence-electron chi connectivity index (χ0n) is 12.6. The second kappa shape index (κ2) is 7.04. The number of alkyl halides is 3. The van der Waals surface area contributed by atoms with Crippen LogP contribution in [0.5, 0.6) is 0 Å². The van der Waals surface area contributed by atoms with E-state index in [9.17, 15) is 18.0 Å². The van der Waals surface area contributed by atoms with E-state index in [0.717, 1.165) is 12.1 Å². The van der Waals surface area contributed by atoms with Gasteiger partial charge < -0.3 is 9.15 Å². The lowest BCUT2D eigenvalue weighted by Gasteiger charge is -2.10. The van der Waals surface area contributed by atoms with Crippen LogP contribution in [-0.4, -0.2) is 12.6 Å². The largest absolute Gasteiger partial charge is 0.463 e. The smallest absolute Gasteiger partial charge is 0.417 e. The molecule has 0 saturated carbocycles. The molecule has 2 rings (SSSR count). The first-order valence-corrected chi connectivity index (χ1v) is 6.92. The summed E-state index contributed by atoms with van der Waals surface area (Å²) in [6.07, 6.45) is -2.16. The molecule has 0 spiro atoms. The number of furan rings is 1. The van der Waals surface area contributed by atoms with Gasteiger partial charge in [0.25, 0.3) is 0 Å². The SMILES string of the molecule is CCOC(=O)C=Cc1ccc(-c2cccc(C(F)(F)F)c2C#N)o1. The third-order valence-electron chi connectivity index (χ3n) is 3.04. The van der Waals surface area contributed by atoms with E-state index >= 15 is 0 Å². The first kappa shape index (κ1) is 17.3. The summed E-state index contributed by atoms with van der Waals surface area (Å²) in [6.45, 7) is 1.89. The minimum Gasteiger partial charge on any atom is -0.463 e. The van der Waals surface area contributed by atoms with Gasteiger partial charge in [-0.15, -0.1) is 0 Å². The number of nitriles is 1. The van der Waals surface area contributed by atoms with Crippen LogP contribution in [0.1, 0.15) is 23.8 Å². The second-order valence-corrected chi connectivity index (χ2v) is 4.63. The Labute approximate surface area is 135 Å². The zero-order valence-corrected chi connectivity index (χ0v) is 12.6. The Morgan fingerprint density at radius 1 is 1.33 bits per heavy atom. The van der Waals surface area contributed by atoms with Crippen molar-refractivity contribution in [3.05, 3.63) is 53.3 Å². The van der Waals surface area contributed by atoms with E-state index in [1.54, 1.807) is 13.0 Å². The van der Waals surface area contributed by atoms with Crippen LogP contribution in [0.2, 0.25) is 0 Å². The first-order valence-electron chi connectivity index (χ1n) is 6.92. The van der Waals surface area contributed by atoms with E-state index in [4.69, 9.17) is 14.4 Å². The van der Waals surface area contributed by atoms with Crippen molar-refractivity contribution in [3.63, 3.8) is 0 Å². The standard InChI is InChI=1S/C17H12F3NO3/c1-2-23-16(22)9-7-11-6-8-15(24-11)12-4-3-5-14(13(12)10-21)17(18,19)20/h3-9H,2H2,1H3. The van der Waals surface area contributed by atoms with E-state index in [1.807, 2.05) is 0 Å². The van der Waals surface area contributed by atoms with E-state index in [0.29, 0.717) is 0 Å². The molecule has 0 aliphatic rings. The number of rotatable bonds is 4. The molecule has 124 valence electrons. The highest BCUT2D eigenvalue weighted by Gasteiger charge is 2.34. The van der Waals surface area contributed by atoms with Gasteiger partial charge in [0.1, 0.15) is 17.6 Å². The van der Waals surface area contributed by atoms with Gasteiger partial charge in [-0.05, 0) is 37.3 Å². The maximum Gasteiger partial charge on any atom is 0.417 e. The molecule has 0 unspecified atom stereocenters. The monoisotopic (exact) mass is 335 g/mol. The number of ether oxygens (including phenoxy) is 1. The van der Waals surface area contributed by atoms with Gasteiger partial charge in [0.2, 0.25) is 0 Å². The summed E-state index contributed by atoms with van der Waals surface area (Å²) in [6, 6.07) is 7.89. The van der Waals surface area contributed by atoms with Crippen molar-refractivity contribution in [1.29, 1.82) is 5.26 Å². The lowest BCUT2D eigenvalue weighted by Crippen LogP contribution is -2.08. The molecule has 0 N–H and O–H groups in total. The molecule has 0 saturated heterocycles. The quantitative estimate of drug-likeness (QED) is 0.613. The van der Waals surface area contributed by atoms with Crippen LogP contribution in [-0.2, 0) is 15.7 Å². The van der Waals surface area contributed by atoms with E-state index in [-0.39, 0.29) is 23.7 Å². The van der Waals surface area contributed by atoms with Crippen LogP contribution in [0.4, 0.5) is 13.2 Å². The maximum atomic E-state index is 13.0.